The molecule has 0 atom stereocenters. The molecule has 0 aliphatic carbocycles. The van der Waals surface area contributed by atoms with Gasteiger partial charge in [0.2, 0.25) is 5.91 Å². The van der Waals surface area contributed by atoms with Crippen LogP contribution in [0.4, 0.5) is 5.69 Å². The van der Waals surface area contributed by atoms with Gasteiger partial charge in [0, 0.05) is 32.6 Å². The van der Waals surface area contributed by atoms with Crippen LogP contribution >= 0.6 is 0 Å². The molecule has 34 heavy (non-hydrogen) atoms. The van der Waals surface area contributed by atoms with E-state index in [4.69, 9.17) is 4.74 Å². The summed E-state index contributed by atoms with van der Waals surface area (Å²) in [7, 11) is 3.12. The van der Waals surface area contributed by atoms with Gasteiger partial charge in [0.05, 0.1) is 18.5 Å². The number of hydrogen-bond acceptors (Lipinski definition) is 5. The predicted molar refractivity (Wildman–Crippen MR) is 132 cm³/mol. The average molecular weight is 463 g/mol. The molecule has 8 heteroatoms. The average Bonchev–Trinajstić information content (AvgIpc) is 2.87. The summed E-state index contributed by atoms with van der Waals surface area (Å²) in [6.07, 6.45) is 1.27. The highest BCUT2D eigenvalue weighted by Crippen LogP contribution is 2.24. The highest BCUT2D eigenvalue weighted by Gasteiger charge is 2.28. The Bertz CT molecular complexity index is 1290. The summed E-state index contributed by atoms with van der Waals surface area (Å²) in [6.45, 7) is 3.39. The molecule has 0 radical (unpaired) electrons. The maximum Gasteiger partial charge on any atom is 0.335 e. The molecule has 1 fully saturated rings. The molecule has 8 nitrogen and oxygen atoms in total. The first-order valence-corrected chi connectivity index (χ1v) is 11.4. The van der Waals surface area contributed by atoms with E-state index in [0.717, 1.165) is 15.9 Å². The van der Waals surface area contributed by atoms with Crippen molar-refractivity contribution in [2.24, 2.45) is 13.0 Å². The minimum atomic E-state index is -0.371. The van der Waals surface area contributed by atoms with Crippen molar-refractivity contribution in [3.8, 4) is 11.4 Å². The van der Waals surface area contributed by atoms with Crippen molar-refractivity contribution in [1.29, 1.82) is 0 Å². The molecule has 2 heterocycles. The summed E-state index contributed by atoms with van der Waals surface area (Å²) in [6, 6.07) is 16.9. The lowest BCUT2D eigenvalue weighted by Gasteiger charge is -2.34. The molecule has 0 saturated carbocycles. The fraction of sp³-hybridized carbons (Fsp3) is 0.346. The fourth-order valence-electron chi connectivity index (χ4n) is 4.53. The molecule has 1 saturated heterocycles. The zero-order chi connectivity index (χ0) is 24.2. The Morgan fingerprint density at radius 2 is 1.76 bits per heavy atom. The van der Waals surface area contributed by atoms with Crippen LogP contribution in [0.5, 0.6) is 5.75 Å². The Morgan fingerprint density at radius 1 is 1.06 bits per heavy atom. The van der Waals surface area contributed by atoms with Gasteiger partial charge in [-0.3, -0.25) is 18.7 Å². The summed E-state index contributed by atoms with van der Waals surface area (Å²) in [5.41, 5.74) is 2.14. The minimum absolute atomic E-state index is 0.0151. The van der Waals surface area contributed by atoms with Gasteiger partial charge in [0.1, 0.15) is 11.4 Å². The Kier molecular flexibility index (Phi) is 6.86. The van der Waals surface area contributed by atoms with E-state index < -0.39 is 0 Å². The molecule has 0 spiro atoms. The van der Waals surface area contributed by atoms with E-state index in [0.29, 0.717) is 49.5 Å². The molecule has 3 aromatic rings. The number of benzene rings is 2. The van der Waals surface area contributed by atoms with E-state index in [1.807, 2.05) is 59.5 Å². The summed E-state index contributed by atoms with van der Waals surface area (Å²) in [4.78, 5) is 40.7. The summed E-state index contributed by atoms with van der Waals surface area (Å²) in [5, 5.41) is 3.02. The lowest BCUT2D eigenvalue weighted by atomic mass is 9.95. The number of carbonyl (C=O) groups is 1. The number of ether oxygens (including phenoxy) is 1. The first-order valence-electron chi connectivity index (χ1n) is 11.4. The van der Waals surface area contributed by atoms with E-state index in [1.54, 1.807) is 18.6 Å². The quantitative estimate of drug-likeness (QED) is 0.608. The van der Waals surface area contributed by atoms with Crippen molar-refractivity contribution in [2.45, 2.75) is 26.3 Å². The summed E-state index contributed by atoms with van der Waals surface area (Å²) in [5.74, 6) is 0.654. The zero-order valence-electron chi connectivity index (χ0n) is 19.8. The number of nitrogens with one attached hydrogen (secondary N) is 1. The van der Waals surface area contributed by atoms with Crippen molar-refractivity contribution in [3.05, 3.63) is 86.7 Å². The first kappa shape index (κ1) is 23.4. The molecule has 1 N–H and O–H groups in total. The number of amides is 1. The van der Waals surface area contributed by atoms with Gasteiger partial charge < -0.3 is 15.0 Å². The van der Waals surface area contributed by atoms with Crippen LogP contribution in [0.15, 0.2) is 64.2 Å². The van der Waals surface area contributed by atoms with Crippen LogP contribution in [-0.2, 0) is 18.4 Å². The monoisotopic (exact) mass is 462 g/mol. The number of nitrogens with zero attached hydrogens (tertiary/aromatic N) is 3. The summed E-state index contributed by atoms with van der Waals surface area (Å²) < 4.78 is 7.96. The number of piperidine rings is 1. The maximum absolute atomic E-state index is 13.0. The fourth-order valence-corrected chi connectivity index (χ4v) is 4.53. The Labute approximate surface area is 198 Å². The number of anilines is 1. The van der Waals surface area contributed by atoms with Gasteiger partial charge in [-0.25, -0.2) is 4.79 Å². The molecule has 0 unspecified atom stereocenters. The number of aromatic nitrogens is 2. The molecule has 0 bridgehead atoms. The van der Waals surface area contributed by atoms with E-state index in [-0.39, 0.29) is 23.1 Å². The highest BCUT2D eigenvalue weighted by atomic mass is 16.5. The largest absolute Gasteiger partial charge is 0.497 e. The second-order valence-corrected chi connectivity index (χ2v) is 8.58. The van der Waals surface area contributed by atoms with Gasteiger partial charge in [-0.15, -0.1) is 0 Å². The molecule has 2 aromatic carbocycles. The van der Waals surface area contributed by atoms with Crippen molar-refractivity contribution in [2.75, 3.05) is 25.1 Å². The van der Waals surface area contributed by atoms with Crippen LogP contribution in [0, 0.1) is 12.8 Å². The van der Waals surface area contributed by atoms with Crippen molar-refractivity contribution in [1.82, 2.24) is 14.5 Å². The topological polar surface area (TPSA) is 85.6 Å². The lowest BCUT2D eigenvalue weighted by molar-refractivity contribution is -0.125. The van der Waals surface area contributed by atoms with Gasteiger partial charge in [-0.05, 0) is 49.6 Å². The second kappa shape index (κ2) is 9.99. The van der Waals surface area contributed by atoms with E-state index in [2.05, 4.69) is 5.32 Å². The van der Waals surface area contributed by atoms with Crippen molar-refractivity contribution < 1.29 is 9.53 Å². The van der Waals surface area contributed by atoms with Crippen LogP contribution in [-0.4, -0.2) is 35.2 Å². The number of methoxy groups -OCH3 is 1. The van der Waals surface area contributed by atoms with E-state index >= 15 is 0 Å². The molecular weight excluding hydrogens is 432 g/mol. The summed E-state index contributed by atoms with van der Waals surface area (Å²) >= 11 is 0. The van der Waals surface area contributed by atoms with Crippen LogP contribution < -0.4 is 26.2 Å². The van der Waals surface area contributed by atoms with Gasteiger partial charge in [0.15, 0.2) is 0 Å². The molecule has 1 aromatic heterocycles. The molecule has 1 aliphatic rings. The molecule has 1 aliphatic heterocycles. The standard InChI is InChI=1S/C26H30N4O4/c1-18-23(25(32)28(2)26(33)30(18)21-9-5-4-6-10-21)29-14-12-20(13-15-29)24(31)27-17-19-8-7-11-22(16-19)34-3/h4-11,16,20H,12-15,17H2,1-3H3,(H,27,31). The number of carbonyl (C=O) groups excluding carboxylic acids is 1. The van der Waals surface area contributed by atoms with E-state index in [9.17, 15) is 14.4 Å². The van der Waals surface area contributed by atoms with Crippen molar-refractivity contribution >= 4 is 11.6 Å². The van der Waals surface area contributed by atoms with Gasteiger partial charge >= 0.3 is 5.69 Å². The molecule has 178 valence electrons. The normalized spacial score (nSPS) is 14.1. The predicted octanol–water partition coefficient (Wildman–Crippen LogP) is 2.39. The SMILES string of the molecule is COc1cccc(CNC(=O)C2CCN(c3c(C)n(-c4ccccc4)c(=O)n(C)c3=O)CC2)c1. The van der Waals surface area contributed by atoms with Gasteiger partial charge in [0.25, 0.3) is 5.56 Å². The maximum atomic E-state index is 13.0. The van der Waals surface area contributed by atoms with Crippen LogP contribution in [0.2, 0.25) is 0 Å². The number of hydrogen-bond donors (Lipinski definition) is 1. The lowest BCUT2D eigenvalue weighted by Crippen LogP contribution is -2.46. The van der Waals surface area contributed by atoms with E-state index in [1.165, 1.54) is 7.05 Å². The second-order valence-electron chi connectivity index (χ2n) is 8.58. The Morgan fingerprint density at radius 3 is 2.44 bits per heavy atom. The number of rotatable bonds is 6. The van der Waals surface area contributed by atoms with Crippen LogP contribution in [0.3, 0.4) is 0 Å². The molecular formula is C26H30N4O4. The van der Waals surface area contributed by atoms with Crippen LogP contribution in [0.1, 0.15) is 24.1 Å². The highest BCUT2D eigenvalue weighted by molar-refractivity contribution is 5.79. The third-order valence-corrected chi connectivity index (χ3v) is 6.46. The zero-order valence-corrected chi connectivity index (χ0v) is 19.8. The minimum Gasteiger partial charge on any atom is -0.497 e. The molecule has 1 amide bonds. The van der Waals surface area contributed by atoms with Crippen LogP contribution in [0.25, 0.3) is 5.69 Å². The third kappa shape index (κ3) is 4.62. The third-order valence-electron chi connectivity index (χ3n) is 6.46. The van der Waals surface area contributed by atoms with Gasteiger partial charge in [-0.2, -0.15) is 0 Å². The molecule has 4 rings (SSSR count). The number of para-hydroxylation sites is 1. The van der Waals surface area contributed by atoms with Crippen molar-refractivity contribution in [3.63, 3.8) is 0 Å². The Balaban J connectivity index is 1.48. The Hall–Kier alpha value is -3.81. The van der Waals surface area contributed by atoms with Gasteiger partial charge in [-0.1, -0.05) is 30.3 Å². The smallest absolute Gasteiger partial charge is 0.335 e. The first-order chi connectivity index (χ1) is 16.4.